The molecule has 3 nitrogen and oxygen atoms in total. The van der Waals surface area contributed by atoms with Crippen LogP contribution in [0.4, 0.5) is 0 Å². The molecule has 1 aliphatic carbocycles. The summed E-state index contributed by atoms with van der Waals surface area (Å²) in [7, 11) is 0. The van der Waals surface area contributed by atoms with Crippen molar-refractivity contribution in [3.8, 4) is 0 Å². The molecule has 1 aromatic rings. The lowest BCUT2D eigenvalue weighted by Crippen LogP contribution is -2.51. The highest BCUT2D eigenvalue weighted by Gasteiger charge is 2.36. The Labute approximate surface area is 116 Å². The number of aliphatic hydroxyl groups is 1. The van der Waals surface area contributed by atoms with Crippen molar-refractivity contribution >= 4 is 0 Å². The smallest absolute Gasteiger partial charge is 0.0561 e. The minimum absolute atomic E-state index is 0.0709. The van der Waals surface area contributed by atoms with E-state index in [1.54, 1.807) is 0 Å². The van der Waals surface area contributed by atoms with Crippen LogP contribution >= 0.6 is 0 Å². The summed E-state index contributed by atoms with van der Waals surface area (Å²) in [6.07, 6.45) is 4.13. The van der Waals surface area contributed by atoms with Crippen LogP contribution in [-0.2, 0) is 5.54 Å². The van der Waals surface area contributed by atoms with Crippen molar-refractivity contribution in [3.63, 3.8) is 0 Å². The lowest BCUT2D eigenvalue weighted by Gasteiger charge is -2.41. The number of hydrogen-bond donors (Lipinski definition) is 3. The van der Waals surface area contributed by atoms with Crippen molar-refractivity contribution in [2.24, 2.45) is 5.73 Å². The van der Waals surface area contributed by atoms with Crippen molar-refractivity contribution in [2.75, 3.05) is 19.7 Å². The van der Waals surface area contributed by atoms with Crippen molar-refractivity contribution in [1.29, 1.82) is 0 Å². The largest absolute Gasteiger partial charge is 0.396 e. The van der Waals surface area contributed by atoms with Gasteiger partial charge in [0.1, 0.15) is 0 Å². The lowest BCUT2D eigenvalue weighted by atomic mass is 9.72. The van der Waals surface area contributed by atoms with Gasteiger partial charge in [0.2, 0.25) is 0 Å². The summed E-state index contributed by atoms with van der Waals surface area (Å²) in [5.74, 6) is 0.620. The highest BCUT2D eigenvalue weighted by Crippen LogP contribution is 2.40. The third-order valence-electron chi connectivity index (χ3n) is 4.41. The molecule has 0 fully saturated rings. The number of fused-ring (bicyclic) bond motifs is 1. The molecule has 2 atom stereocenters. The van der Waals surface area contributed by atoms with E-state index in [4.69, 9.17) is 10.8 Å². The van der Waals surface area contributed by atoms with Crippen LogP contribution in [-0.4, -0.2) is 24.8 Å². The number of unbranched alkanes of at least 4 members (excludes halogenated alkanes) is 1. The highest BCUT2D eigenvalue weighted by atomic mass is 16.2. The Kier molecular flexibility index (Phi) is 4.97. The second kappa shape index (κ2) is 6.51. The van der Waals surface area contributed by atoms with Gasteiger partial charge in [-0.1, -0.05) is 31.2 Å². The van der Waals surface area contributed by atoms with E-state index < -0.39 is 0 Å². The number of rotatable bonds is 6. The van der Waals surface area contributed by atoms with Gasteiger partial charge in [-0.3, -0.25) is 0 Å². The second-order valence-electron chi connectivity index (χ2n) is 5.67. The first kappa shape index (κ1) is 14.5. The molecule has 0 spiro atoms. The Morgan fingerprint density at radius 3 is 2.89 bits per heavy atom. The van der Waals surface area contributed by atoms with Crippen LogP contribution in [0.5, 0.6) is 0 Å². The summed E-state index contributed by atoms with van der Waals surface area (Å²) in [4.78, 5) is 0. The molecule has 0 aliphatic heterocycles. The third-order valence-corrected chi connectivity index (χ3v) is 4.41. The van der Waals surface area contributed by atoms with Crippen LogP contribution < -0.4 is 11.1 Å². The quantitative estimate of drug-likeness (QED) is 0.688. The van der Waals surface area contributed by atoms with E-state index in [2.05, 4.69) is 36.5 Å². The van der Waals surface area contributed by atoms with E-state index in [9.17, 15) is 0 Å². The molecule has 1 aromatic carbocycles. The molecule has 0 aromatic heterocycles. The van der Waals surface area contributed by atoms with E-state index >= 15 is 0 Å². The van der Waals surface area contributed by atoms with Crippen LogP contribution in [0.15, 0.2) is 24.3 Å². The molecule has 0 saturated heterocycles. The van der Waals surface area contributed by atoms with Crippen molar-refractivity contribution in [1.82, 2.24) is 5.32 Å². The molecule has 0 radical (unpaired) electrons. The molecule has 3 heteroatoms. The molecular formula is C16H26N2O. The van der Waals surface area contributed by atoms with Gasteiger partial charge >= 0.3 is 0 Å². The predicted molar refractivity (Wildman–Crippen MR) is 79.1 cm³/mol. The van der Waals surface area contributed by atoms with Crippen LogP contribution in [0.3, 0.4) is 0 Å². The fraction of sp³-hybridized carbons (Fsp3) is 0.625. The number of hydrogen-bond acceptors (Lipinski definition) is 3. The standard InChI is InChI=1S/C16H26N2O/c1-13-8-9-16(12-17,18-10-4-5-11-19)15-7-3-2-6-14(13)15/h2-3,6-7,13,18-19H,4-5,8-12,17H2,1H3. The van der Waals surface area contributed by atoms with Gasteiger partial charge in [0, 0.05) is 13.2 Å². The van der Waals surface area contributed by atoms with Gasteiger partial charge < -0.3 is 16.2 Å². The fourth-order valence-electron chi connectivity index (χ4n) is 3.15. The second-order valence-corrected chi connectivity index (χ2v) is 5.67. The molecule has 0 bridgehead atoms. The minimum Gasteiger partial charge on any atom is -0.396 e. The molecule has 1 aliphatic rings. The van der Waals surface area contributed by atoms with Gasteiger partial charge in [-0.2, -0.15) is 0 Å². The first-order chi connectivity index (χ1) is 9.23. The van der Waals surface area contributed by atoms with E-state index in [0.717, 1.165) is 25.8 Å². The Bertz CT molecular complexity index is 407. The third kappa shape index (κ3) is 2.99. The van der Waals surface area contributed by atoms with Crippen molar-refractivity contribution in [2.45, 2.75) is 44.1 Å². The Balaban J connectivity index is 2.18. The summed E-state index contributed by atoms with van der Waals surface area (Å²) in [5.41, 5.74) is 8.84. The highest BCUT2D eigenvalue weighted by molar-refractivity contribution is 5.39. The first-order valence-corrected chi connectivity index (χ1v) is 7.39. The van der Waals surface area contributed by atoms with Crippen molar-refractivity contribution in [3.05, 3.63) is 35.4 Å². The Hall–Kier alpha value is -0.900. The minimum atomic E-state index is -0.0709. The maximum atomic E-state index is 8.86. The van der Waals surface area contributed by atoms with Crippen molar-refractivity contribution < 1.29 is 5.11 Å². The number of aliphatic hydroxyl groups excluding tert-OH is 1. The molecule has 0 saturated carbocycles. The normalized spacial score (nSPS) is 26.2. The first-order valence-electron chi connectivity index (χ1n) is 7.39. The molecule has 2 unspecified atom stereocenters. The summed E-state index contributed by atoms with van der Waals surface area (Å²) in [6.45, 7) is 4.12. The van der Waals surface area contributed by atoms with Gasteiger partial charge in [-0.15, -0.1) is 0 Å². The maximum absolute atomic E-state index is 8.86. The average molecular weight is 262 g/mol. The number of nitrogens with one attached hydrogen (secondary N) is 1. The Morgan fingerprint density at radius 1 is 1.37 bits per heavy atom. The number of nitrogens with two attached hydrogens (primary N) is 1. The zero-order chi connectivity index (χ0) is 13.7. The van der Waals surface area contributed by atoms with E-state index in [1.165, 1.54) is 17.5 Å². The van der Waals surface area contributed by atoms with E-state index in [-0.39, 0.29) is 12.1 Å². The molecule has 2 rings (SSSR count). The van der Waals surface area contributed by atoms with Gasteiger partial charge in [0.25, 0.3) is 0 Å². The molecule has 19 heavy (non-hydrogen) atoms. The monoisotopic (exact) mass is 262 g/mol. The van der Waals surface area contributed by atoms with Gasteiger partial charge in [-0.05, 0) is 49.3 Å². The average Bonchev–Trinajstić information content (AvgIpc) is 2.46. The topological polar surface area (TPSA) is 58.3 Å². The van der Waals surface area contributed by atoms with E-state index in [0.29, 0.717) is 12.5 Å². The molecule has 4 N–H and O–H groups in total. The van der Waals surface area contributed by atoms with Gasteiger partial charge in [0.15, 0.2) is 0 Å². The number of benzene rings is 1. The fourth-order valence-corrected chi connectivity index (χ4v) is 3.15. The molecule has 0 heterocycles. The van der Waals surface area contributed by atoms with E-state index in [1.807, 2.05) is 0 Å². The van der Waals surface area contributed by atoms with Crippen LogP contribution in [0.2, 0.25) is 0 Å². The zero-order valence-electron chi connectivity index (χ0n) is 11.9. The van der Waals surface area contributed by atoms with Crippen LogP contribution in [0.25, 0.3) is 0 Å². The lowest BCUT2D eigenvalue weighted by molar-refractivity contribution is 0.259. The Morgan fingerprint density at radius 2 is 2.16 bits per heavy atom. The summed E-state index contributed by atoms with van der Waals surface area (Å²) in [6, 6.07) is 8.68. The maximum Gasteiger partial charge on any atom is 0.0561 e. The molecule has 0 amide bonds. The summed E-state index contributed by atoms with van der Waals surface area (Å²) in [5, 5.41) is 12.5. The zero-order valence-corrected chi connectivity index (χ0v) is 11.9. The van der Waals surface area contributed by atoms with Crippen LogP contribution in [0.1, 0.15) is 49.7 Å². The van der Waals surface area contributed by atoms with Crippen LogP contribution in [0, 0.1) is 0 Å². The molecular weight excluding hydrogens is 236 g/mol. The van der Waals surface area contributed by atoms with Gasteiger partial charge in [-0.25, -0.2) is 0 Å². The van der Waals surface area contributed by atoms with Gasteiger partial charge in [0.05, 0.1) is 5.54 Å². The SMILES string of the molecule is CC1CCC(CN)(NCCCCO)c2ccccc21. The molecule has 106 valence electrons. The summed E-state index contributed by atoms with van der Waals surface area (Å²) >= 11 is 0. The summed E-state index contributed by atoms with van der Waals surface area (Å²) < 4.78 is 0. The predicted octanol–water partition coefficient (Wildman–Crippen LogP) is 2.10.